The molecule has 1 aromatic carbocycles. The Balaban J connectivity index is 2.02. The Bertz CT molecular complexity index is 657. The minimum absolute atomic E-state index is 0.111. The van der Waals surface area contributed by atoms with E-state index in [1.807, 2.05) is 30.3 Å². The summed E-state index contributed by atoms with van der Waals surface area (Å²) in [7, 11) is 0. The molecule has 3 N–H and O–H groups in total. The van der Waals surface area contributed by atoms with Gasteiger partial charge in [-0.15, -0.1) is 0 Å². The van der Waals surface area contributed by atoms with E-state index < -0.39 is 18.0 Å². The first-order valence-corrected chi connectivity index (χ1v) is 9.98. The molecule has 10 nitrogen and oxygen atoms in total. The first-order chi connectivity index (χ1) is 14.4. The number of amides is 1. The summed E-state index contributed by atoms with van der Waals surface area (Å²) in [6.45, 7) is 3.44. The summed E-state index contributed by atoms with van der Waals surface area (Å²) in [5, 5.41) is 21.5. The Morgan fingerprint density at radius 3 is 1.87 bits per heavy atom. The minimum atomic E-state index is -0.923. The topological polar surface area (TPSA) is 123 Å². The summed E-state index contributed by atoms with van der Waals surface area (Å²) in [6.07, 6.45) is -0.500. The largest absolute Gasteiger partial charge is 0.480 e. The number of carboxylic acid groups (broad SMARTS) is 2. The SMILES string of the molecule is O=C(O)CN1CCNCCN(CC(=O)O)CCN(C(=O)OCc2ccccc2)CC1. The van der Waals surface area contributed by atoms with Crippen LogP contribution in [0, 0.1) is 0 Å². The van der Waals surface area contributed by atoms with Gasteiger partial charge in [0.25, 0.3) is 0 Å². The van der Waals surface area contributed by atoms with Gasteiger partial charge in [-0.3, -0.25) is 19.4 Å². The van der Waals surface area contributed by atoms with Gasteiger partial charge >= 0.3 is 18.0 Å². The maximum atomic E-state index is 12.7. The van der Waals surface area contributed by atoms with Crippen molar-refractivity contribution in [1.29, 1.82) is 0 Å². The number of carbonyl (C=O) groups excluding carboxylic acids is 1. The lowest BCUT2D eigenvalue weighted by Crippen LogP contribution is -2.48. The third kappa shape index (κ3) is 9.21. The molecule has 1 heterocycles. The molecule has 0 atom stereocenters. The molecule has 0 bridgehead atoms. The maximum Gasteiger partial charge on any atom is 0.410 e. The van der Waals surface area contributed by atoms with Crippen LogP contribution in [0.25, 0.3) is 0 Å². The van der Waals surface area contributed by atoms with Crippen LogP contribution in [0.4, 0.5) is 4.79 Å². The van der Waals surface area contributed by atoms with Gasteiger partial charge in [0.05, 0.1) is 13.1 Å². The van der Waals surface area contributed by atoms with Gasteiger partial charge in [-0.05, 0) is 5.56 Å². The summed E-state index contributed by atoms with van der Waals surface area (Å²) in [4.78, 5) is 40.0. The van der Waals surface area contributed by atoms with Gasteiger partial charge in [0.15, 0.2) is 0 Å². The molecule has 1 aliphatic heterocycles. The molecule has 1 aromatic rings. The number of rotatable bonds is 6. The van der Waals surface area contributed by atoms with Gasteiger partial charge in [-0.2, -0.15) is 0 Å². The Hall–Kier alpha value is -2.69. The molecule has 0 aliphatic carbocycles. The molecule has 1 aliphatic rings. The van der Waals surface area contributed by atoms with Crippen LogP contribution in [0.5, 0.6) is 0 Å². The normalized spacial score (nSPS) is 17.5. The second kappa shape index (κ2) is 12.8. The molecule has 30 heavy (non-hydrogen) atoms. The highest BCUT2D eigenvalue weighted by Gasteiger charge is 2.20. The van der Waals surface area contributed by atoms with Gasteiger partial charge in [0.2, 0.25) is 0 Å². The Labute approximate surface area is 176 Å². The number of nitrogens with zero attached hydrogens (tertiary/aromatic N) is 3. The number of benzene rings is 1. The Morgan fingerprint density at radius 2 is 1.37 bits per heavy atom. The smallest absolute Gasteiger partial charge is 0.410 e. The highest BCUT2D eigenvalue weighted by Crippen LogP contribution is 2.05. The molecule has 1 fully saturated rings. The summed E-state index contributed by atoms with van der Waals surface area (Å²) >= 11 is 0. The number of nitrogens with one attached hydrogen (secondary N) is 1. The van der Waals surface area contributed by atoms with E-state index in [0.29, 0.717) is 52.4 Å². The number of carbonyl (C=O) groups is 3. The van der Waals surface area contributed by atoms with Gasteiger partial charge in [-0.1, -0.05) is 30.3 Å². The van der Waals surface area contributed by atoms with Crippen molar-refractivity contribution in [2.75, 3.05) is 65.4 Å². The molecule has 1 saturated heterocycles. The van der Waals surface area contributed by atoms with Crippen LogP contribution in [0.3, 0.4) is 0 Å². The quantitative estimate of drug-likeness (QED) is 0.581. The second-order valence-corrected chi connectivity index (χ2v) is 7.12. The van der Waals surface area contributed by atoms with Gasteiger partial charge in [0, 0.05) is 52.4 Å². The van der Waals surface area contributed by atoms with Crippen molar-refractivity contribution < 1.29 is 29.3 Å². The molecular weight excluding hydrogens is 392 g/mol. The lowest BCUT2D eigenvalue weighted by molar-refractivity contribution is -0.139. The van der Waals surface area contributed by atoms with E-state index in [1.165, 1.54) is 4.90 Å². The lowest BCUT2D eigenvalue weighted by Gasteiger charge is -2.30. The predicted octanol–water partition coefficient (Wildman–Crippen LogP) is 0.00160. The number of hydrogen-bond acceptors (Lipinski definition) is 7. The average molecular weight is 422 g/mol. The first kappa shape index (κ1) is 23.6. The van der Waals surface area contributed by atoms with Crippen molar-refractivity contribution in [1.82, 2.24) is 20.0 Å². The fourth-order valence-electron chi connectivity index (χ4n) is 3.15. The zero-order chi connectivity index (χ0) is 21.8. The van der Waals surface area contributed by atoms with E-state index in [4.69, 9.17) is 14.9 Å². The van der Waals surface area contributed by atoms with E-state index in [2.05, 4.69) is 5.32 Å². The molecule has 1 amide bonds. The van der Waals surface area contributed by atoms with Gasteiger partial charge < -0.3 is 25.2 Å². The molecule has 0 aromatic heterocycles. The molecule has 166 valence electrons. The predicted molar refractivity (Wildman–Crippen MR) is 109 cm³/mol. The lowest BCUT2D eigenvalue weighted by atomic mass is 10.2. The first-order valence-electron chi connectivity index (χ1n) is 9.98. The zero-order valence-corrected chi connectivity index (χ0v) is 17.0. The van der Waals surface area contributed by atoms with Crippen LogP contribution in [0.2, 0.25) is 0 Å². The molecule has 2 rings (SSSR count). The Morgan fingerprint density at radius 1 is 0.833 bits per heavy atom. The van der Waals surface area contributed by atoms with E-state index >= 15 is 0 Å². The highest BCUT2D eigenvalue weighted by molar-refractivity contribution is 5.69. The van der Waals surface area contributed by atoms with Gasteiger partial charge in [0.1, 0.15) is 6.61 Å². The van der Waals surface area contributed by atoms with E-state index in [9.17, 15) is 14.4 Å². The van der Waals surface area contributed by atoms with E-state index in [-0.39, 0.29) is 19.7 Å². The van der Waals surface area contributed by atoms with Crippen LogP contribution >= 0.6 is 0 Å². The van der Waals surface area contributed by atoms with Gasteiger partial charge in [-0.25, -0.2) is 4.79 Å². The number of hydrogen-bond donors (Lipinski definition) is 3. The molecular formula is C20H30N4O6. The molecule has 10 heteroatoms. The standard InChI is InChI=1S/C20H30N4O6/c25-18(26)14-22-8-6-21-7-9-23(15-19(27)28)11-13-24(12-10-22)20(29)30-16-17-4-2-1-3-5-17/h1-5,21H,6-16H2,(H,25,26)(H,27,28). The summed E-state index contributed by atoms with van der Waals surface area (Å²) < 4.78 is 5.43. The monoisotopic (exact) mass is 422 g/mol. The summed E-state index contributed by atoms with van der Waals surface area (Å²) in [5.74, 6) is -1.85. The molecule has 0 spiro atoms. The highest BCUT2D eigenvalue weighted by atomic mass is 16.6. The third-order valence-corrected chi connectivity index (χ3v) is 4.76. The number of carboxylic acids is 2. The number of ether oxygens (including phenoxy) is 1. The second-order valence-electron chi connectivity index (χ2n) is 7.12. The number of aliphatic carboxylic acids is 2. The van der Waals surface area contributed by atoms with Crippen LogP contribution in [0.1, 0.15) is 5.56 Å². The zero-order valence-electron chi connectivity index (χ0n) is 17.0. The Kier molecular flexibility index (Phi) is 10.1. The van der Waals surface area contributed by atoms with Crippen LogP contribution in [0.15, 0.2) is 30.3 Å². The summed E-state index contributed by atoms with van der Waals surface area (Å²) in [6, 6.07) is 9.33. The maximum absolute atomic E-state index is 12.7. The van der Waals surface area contributed by atoms with Crippen molar-refractivity contribution in [2.24, 2.45) is 0 Å². The van der Waals surface area contributed by atoms with Crippen LogP contribution in [-0.2, 0) is 20.9 Å². The van der Waals surface area contributed by atoms with E-state index in [0.717, 1.165) is 5.56 Å². The van der Waals surface area contributed by atoms with Crippen LogP contribution < -0.4 is 5.32 Å². The van der Waals surface area contributed by atoms with E-state index in [1.54, 1.807) is 9.80 Å². The van der Waals surface area contributed by atoms with Crippen molar-refractivity contribution in [3.05, 3.63) is 35.9 Å². The fourth-order valence-corrected chi connectivity index (χ4v) is 3.15. The minimum Gasteiger partial charge on any atom is -0.480 e. The van der Waals surface area contributed by atoms with Crippen molar-refractivity contribution >= 4 is 18.0 Å². The van der Waals surface area contributed by atoms with Crippen molar-refractivity contribution in [2.45, 2.75) is 6.61 Å². The molecule has 0 unspecified atom stereocenters. The summed E-state index contributed by atoms with van der Waals surface area (Å²) in [5.41, 5.74) is 0.867. The average Bonchev–Trinajstić information content (AvgIpc) is 2.70. The van der Waals surface area contributed by atoms with Crippen molar-refractivity contribution in [3.63, 3.8) is 0 Å². The fraction of sp³-hybridized carbons (Fsp3) is 0.550. The third-order valence-electron chi connectivity index (χ3n) is 4.76. The van der Waals surface area contributed by atoms with Crippen LogP contribution in [-0.4, -0.2) is 108 Å². The van der Waals surface area contributed by atoms with Crippen molar-refractivity contribution in [3.8, 4) is 0 Å². The molecule has 0 radical (unpaired) electrons. The molecule has 0 saturated carbocycles.